The van der Waals surface area contributed by atoms with Crippen LogP contribution >= 0.6 is 0 Å². The number of nitrogens with zero attached hydrogens (tertiary/aromatic N) is 1. The minimum absolute atomic E-state index is 0.153. The summed E-state index contributed by atoms with van der Waals surface area (Å²) in [6.45, 7) is 2.06. The third-order valence-corrected chi connectivity index (χ3v) is 5.36. The van der Waals surface area contributed by atoms with E-state index in [-0.39, 0.29) is 11.6 Å². The summed E-state index contributed by atoms with van der Waals surface area (Å²) in [5, 5.41) is 0. The number of carbonyl (C=O) groups is 1. The van der Waals surface area contributed by atoms with E-state index in [1.807, 2.05) is 0 Å². The second-order valence-corrected chi connectivity index (χ2v) is 6.72. The first-order valence-electron chi connectivity index (χ1n) is 8.18. The molecule has 2 aliphatic heterocycles. The summed E-state index contributed by atoms with van der Waals surface area (Å²) in [6, 6.07) is 0.153. The maximum Gasteiger partial charge on any atom is 0.137 e. The zero-order valence-corrected chi connectivity index (χ0v) is 12.0. The highest BCUT2D eigenvalue weighted by atomic mass is 16.5. The highest BCUT2D eigenvalue weighted by Gasteiger charge is 2.41. The molecule has 0 bridgehead atoms. The normalized spacial score (nSPS) is 35.6. The van der Waals surface area contributed by atoms with Crippen LogP contribution in [0.2, 0.25) is 0 Å². The van der Waals surface area contributed by atoms with Crippen molar-refractivity contribution >= 4 is 6.29 Å². The van der Waals surface area contributed by atoms with Crippen LogP contribution in [0.25, 0.3) is 0 Å². The van der Waals surface area contributed by atoms with Gasteiger partial charge in [-0.3, -0.25) is 4.90 Å². The molecule has 3 fully saturated rings. The molecule has 3 nitrogen and oxygen atoms in total. The molecular formula is C16H27NO2. The molecule has 108 valence electrons. The molecule has 1 spiro atoms. The van der Waals surface area contributed by atoms with Crippen molar-refractivity contribution in [2.24, 2.45) is 0 Å². The Labute approximate surface area is 116 Å². The topological polar surface area (TPSA) is 29.5 Å². The van der Waals surface area contributed by atoms with E-state index in [9.17, 15) is 4.79 Å². The molecule has 2 saturated heterocycles. The van der Waals surface area contributed by atoms with Crippen molar-refractivity contribution in [3.8, 4) is 0 Å². The lowest BCUT2D eigenvalue weighted by Gasteiger charge is -2.36. The quantitative estimate of drug-likeness (QED) is 0.735. The molecule has 19 heavy (non-hydrogen) atoms. The fourth-order valence-electron chi connectivity index (χ4n) is 4.25. The van der Waals surface area contributed by atoms with Gasteiger partial charge in [-0.25, -0.2) is 0 Å². The predicted octanol–water partition coefficient (Wildman–Crippen LogP) is 2.92. The number of likely N-dealkylation sites (tertiary alicyclic amines) is 1. The number of aldehydes is 1. The Morgan fingerprint density at radius 1 is 1.05 bits per heavy atom. The van der Waals surface area contributed by atoms with Gasteiger partial charge in [0, 0.05) is 6.54 Å². The summed E-state index contributed by atoms with van der Waals surface area (Å²) in [7, 11) is 0. The smallest absolute Gasteiger partial charge is 0.137 e. The van der Waals surface area contributed by atoms with Gasteiger partial charge in [-0.15, -0.1) is 0 Å². The van der Waals surface area contributed by atoms with Crippen LogP contribution in [-0.2, 0) is 9.53 Å². The van der Waals surface area contributed by atoms with Crippen LogP contribution in [0.4, 0.5) is 0 Å². The fourth-order valence-corrected chi connectivity index (χ4v) is 4.25. The van der Waals surface area contributed by atoms with E-state index in [1.54, 1.807) is 0 Å². The monoisotopic (exact) mass is 265 g/mol. The van der Waals surface area contributed by atoms with Gasteiger partial charge in [-0.2, -0.15) is 0 Å². The molecule has 2 unspecified atom stereocenters. The molecule has 3 rings (SSSR count). The van der Waals surface area contributed by atoms with E-state index in [0.717, 1.165) is 25.8 Å². The minimum Gasteiger partial charge on any atom is -0.370 e. The van der Waals surface area contributed by atoms with Crippen molar-refractivity contribution in [3.05, 3.63) is 0 Å². The molecule has 0 aromatic rings. The van der Waals surface area contributed by atoms with Gasteiger partial charge in [0.1, 0.15) is 6.29 Å². The number of hydrogen-bond donors (Lipinski definition) is 0. The molecule has 1 aliphatic carbocycles. The van der Waals surface area contributed by atoms with E-state index >= 15 is 0 Å². The Morgan fingerprint density at radius 3 is 2.68 bits per heavy atom. The first-order chi connectivity index (χ1) is 9.31. The van der Waals surface area contributed by atoms with Crippen LogP contribution in [0, 0.1) is 0 Å². The highest BCUT2D eigenvalue weighted by molar-refractivity contribution is 5.57. The third-order valence-electron chi connectivity index (χ3n) is 5.36. The average Bonchev–Trinajstić information content (AvgIpc) is 2.83. The first-order valence-corrected chi connectivity index (χ1v) is 8.18. The number of ether oxygens (including phenoxy) is 1. The Bertz CT molecular complexity index is 312. The maximum atomic E-state index is 11.2. The number of carbonyl (C=O) groups excluding carboxylic acids is 1. The average molecular weight is 265 g/mol. The summed E-state index contributed by atoms with van der Waals surface area (Å²) >= 11 is 0. The fraction of sp³-hybridized carbons (Fsp3) is 0.938. The van der Waals surface area contributed by atoms with E-state index in [0.29, 0.717) is 6.10 Å². The lowest BCUT2D eigenvalue weighted by Crippen LogP contribution is -2.45. The zero-order valence-electron chi connectivity index (χ0n) is 12.0. The summed E-state index contributed by atoms with van der Waals surface area (Å²) < 4.78 is 6.43. The number of rotatable bonds is 3. The van der Waals surface area contributed by atoms with Crippen LogP contribution in [0.1, 0.15) is 64.2 Å². The minimum atomic E-state index is 0.153. The van der Waals surface area contributed by atoms with Crippen LogP contribution in [0.5, 0.6) is 0 Å². The predicted molar refractivity (Wildman–Crippen MR) is 75.2 cm³/mol. The van der Waals surface area contributed by atoms with Crippen molar-refractivity contribution in [3.63, 3.8) is 0 Å². The van der Waals surface area contributed by atoms with Crippen LogP contribution in [0.3, 0.4) is 0 Å². The molecule has 2 heterocycles. The van der Waals surface area contributed by atoms with Gasteiger partial charge in [0.25, 0.3) is 0 Å². The summed E-state index contributed by atoms with van der Waals surface area (Å²) in [5.74, 6) is 0. The van der Waals surface area contributed by atoms with Gasteiger partial charge in [0.05, 0.1) is 17.7 Å². The Balaban J connectivity index is 1.54. The molecule has 3 aliphatic rings. The Kier molecular flexibility index (Phi) is 4.23. The van der Waals surface area contributed by atoms with E-state index in [1.165, 1.54) is 57.8 Å². The van der Waals surface area contributed by atoms with Crippen molar-refractivity contribution in [2.75, 3.05) is 13.1 Å². The molecule has 0 amide bonds. The van der Waals surface area contributed by atoms with Gasteiger partial charge in [0.15, 0.2) is 0 Å². The summed E-state index contributed by atoms with van der Waals surface area (Å²) in [4.78, 5) is 13.5. The standard InChI is InChI=1S/C16H27NO2/c18-13-14-6-2-5-11-17(14)12-15-7-10-16(19-15)8-3-1-4-9-16/h13-15H,1-12H2. The van der Waals surface area contributed by atoms with E-state index in [4.69, 9.17) is 4.74 Å². The second-order valence-electron chi connectivity index (χ2n) is 6.72. The van der Waals surface area contributed by atoms with Gasteiger partial charge >= 0.3 is 0 Å². The van der Waals surface area contributed by atoms with E-state index < -0.39 is 0 Å². The lowest BCUT2D eigenvalue weighted by molar-refractivity contribution is -0.115. The molecule has 0 aromatic carbocycles. The van der Waals surface area contributed by atoms with Crippen LogP contribution < -0.4 is 0 Å². The lowest BCUT2D eigenvalue weighted by atomic mass is 9.83. The molecule has 0 N–H and O–H groups in total. The van der Waals surface area contributed by atoms with Crippen molar-refractivity contribution in [1.82, 2.24) is 4.90 Å². The SMILES string of the molecule is O=CC1CCCCN1CC1CCC2(CCCCC2)O1. The molecular weight excluding hydrogens is 238 g/mol. The summed E-state index contributed by atoms with van der Waals surface area (Å²) in [6.07, 6.45) is 14.0. The molecule has 1 saturated carbocycles. The number of piperidine rings is 1. The molecule has 0 aromatic heterocycles. The molecule has 0 radical (unpaired) electrons. The van der Waals surface area contributed by atoms with Crippen molar-refractivity contribution in [2.45, 2.75) is 82.0 Å². The zero-order chi connectivity index (χ0) is 13.1. The molecule has 2 atom stereocenters. The second kappa shape index (κ2) is 5.92. The Morgan fingerprint density at radius 2 is 1.89 bits per heavy atom. The van der Waals surface area contributed by atoms with Gasteiger partial charge in [-0.05, 0) is 45.1 Å². The Hall–Kier alpha value is -0.410. The largest absolute Gasteiger partial charge is 0.370 e. The molecule has 3 heteroatoms. The highest BCUT2D eigenvalue weighted by Crippen LogP contribution is 2.42. The third kappa shape index (κ3) is 3.03. The number of hydrogen-bond acceptors (Lipinski definition) is 3. The van der Waals surface area contributed by atoms with Crippen molar-refractivity contribution in [1.29, 1.82) is 0 Å². The van der Waals surface area contributed by atoms with Crippen LogP contribution in [0.15, 0.2) is 0 Å². The van der Waals surface area contributed by atoms with E-state index in [2.05, 4.69) is 4.90 Å². The first kappa shape index (κ1) is 13.6. The van der Waals surface area contributed by atoms with Crippen LogP contribution in [-0.4, -0.2) is 42.0 Å². The van der Waals surface area contributed by atoms with Gasteiger partial charge < -0.3 is 9.53 Å². The van der Waals surface area contributed by atoms with Crippen molar-refractivity contribution < 1.29 is 9.53 Å². The van der Waals surface area contributed by atoms with Gasteiger partial charge in [-0.1, -0.05) is 25.7 Å². The summed E-state index contributed by atoms with van der Waals surface area (Å²) in [5.41, 5.74) is 0.218. The van der Waals surface area contributed by atoms with Gasteiger partial charge in [0.2, 0.25) is 0 Å². The maximum absolute atomic E-state index is 11.2.